The number of carbonyl (C=O) groups is 2. The lowest BCUT2D eigenvalue weighted by molar-refractivity contribution is -0.151. The molecule has 5 nitrogen and oxygen atoms in total. The second-order valence-electron chi connectivity index (χ2n) is 9.45. The van der Waals surface area contributed by atoms with Crippen molar-refractivity contribution in [3.63, 3.8) is 0 Å². The van der Waals surface area contributed by atoms with E-state index in [0.29, 0.717) is 0 Å². The highest BCUT2D eigenvalue weighted by atomic mass is 16.5. The molecule has 2 atom stereocenters. The molecular weight excluding hydrogens is 402 g/mol. The van der Waals surface area contributed by atoms with E-state index in [9.17, 15) is 9.59 Å². The number of hydrogen-bond acceptors (Lipinski definition) is 4. The number of hydrogen-bond donors (Lipinski definition) is 2. The number of nitrogens with two attached hydrogens (primary N) is 1. The summed E-state index contributed by atoms with van der Waals surface area (Å²) in [5.74, 6) is -1.41. The van der Waals surface area contributed by atoms with Gasteiger partial charge >= 0.3 is 11.9 Å². The summed E-state index contributed by atoms with van der Waals surface area (Å²) in [4.78, 5) is 22.5. The van der Waals surface area contributed by atoms with Crippen LogP contribution in [-0.2, 0) is 14.3 Å². The third-order valence-corrected chi connectivity index (χ3v) is 6.34. The molecule has 0 rings (SSSR count). The number of carboxylic acid groups (broad SMARTS) is 1. The van der Waals surface area contributed by atoms with Crippen LogP contribution in [0.2, 0.25) is 0 Å². The van der Waals surface area contributed by atoms with E-state index in [1.165, 1.54) is 103 Å². The van der Waals surface area contributed by atoms with Gasteiger partial charge in [-0.3, -0.25) is 9.59 Å². The summed E-state index contributed by atoms with van der Waals surface area (Å²) in [7, 11) is 0. The molecule has 0 aliphatic heterocycles. The van der Waals surface area contributed by atoms with E-state index in [1.54, 1.807) is 0 Å². The Morgan fingerprint density at radius 2 is 1.09 bits per heavy atom. The summed E-state index contributed by atoms with van der Waals surface area (Å²) in [6.45, 7) is 4.28. The van der Waals surface area contributed by atoms with Crippen LogP contribution in [0.3, 0.4) is 0 Å². The van der Waals surface area contributed by atoms with Gasteiger partial charge in [0.1, 0.15) is 12.1 Å². The van der Waals surface area contributed by atoms with E-state index >= 15 is 0 Å². The van der Waals surface area contributed by atoms with Crippen LogP contribution in [0.4, 0.5) is 0 Å². The standard InChI is InChI=1S/C27H53NO4/c1-3-5-6-7-8-9-10-11-12-13-14-15-16-17-18-19-20-21-24(4-2)32-27(31)25(28)22-23-26(29)30/h24-25H,3-23,28H2,1-2H3,(H,29,30)/t24?,25-/m0/s1. The van der Waals surface area contributed by atoms with E-state index in [-0.39, 0.29) is 18.9 Å². The van der Waals surface area contributed by atoms with Gasteiger partial charge in [0.2, 0.25) is 0 Å². The van der Waals surface area contributed by atoms with Crippen LogP contribution in [0.15, 0.2) is 0 Å². The Balaban J connectivity index is 3.45. The van der Waals surface area contributed by atoms with Gasteiger partial charge in [0.25, 0.3) is 0 Å². The molecule has 0 fully saturated rings. The summed E-state index contributed by atoms with van der Waals surface area (Å²) in [6.07, 6.45) is 24.5. The van der Waals surface area contributed by atoms with Crippen LogP contribution in [0, 0.1) is 0 Å². The minimum atomic E-state index is -0.941. The molecule has 0 radical (unpaired) electrons. The van der Waals surface area contributed by atoms with Gasteiger partial charge in [-0.1, -0.05) is 117 Å². The number of unbranched alkanes of at least 4 members (excludes halogenated alkanes) is 16. The third-order valence-electron chi connectivity index (χ3n) is 6.34. The second kappa shape index (κ2) is 23.1. The van der Waals surface area contributed by atoms with Crippen molar-refractivity contribution in [2.75, 3.05) is 0 Å². The lowest BCUT2D eigenvalue weighted by atomic mass is 10.0. The zero-order valence-corrected chi connectivity index (χ0v) is 21.3. The Hall–Kier alpha value is -1.10. The third kappa shape index (κ3) is 20.8. The van der Waals surface area contributed by atoms with Gasteiger partial charge in [-0.05, 0) is 25.7 Å². The van der Waals surface area contributed by atoms with Crippen molar-refractivity contribution in [3.05, 3.63) is 0 Å². The minimum Gasteiger partial charge on any atom is -0.481 e. The van der Waals surface area contributed by atoms with Crippen LogP contribution in [0.1, 0.15) is 149 Å². The molecule has 0 spiro atoms. The minimum absolute atomic E-state index is 0.102. The first-order chi connectivity index (χ1) is 15.5. The Kier molecular flexibility index (Phi) is 22.3. The molecule has 0 aromatic heterocycles. The average Bonchev–Trinajstić information content (AvgIpc) is 2.78. The molecule has 0 amide bonds. The topological polar surface area (TPSA) is 89.6 Å². The van der Waals surface area contributed by atoms with E-state index in [0.717, 1.165) is 19.3 Å². The van der Waals surface area contributed by atoms with Crippen LogP contribution in [0.25, 0.3) is 0 Å². The molecule has 3 N–H and O–H groups in total. The molecule has 190 valence electrons. The number of rotatable bonds is 24. The largest absolute Gasteiger partial charge is 0.481 e. The zero-order valence-electron chi connectivity index (χ0n) is 21.3. The molecule has 0 aromatic carbocycles. The number of aliphatic carboxylic acids is 1. The van der Waals surface area contributed by atoms with Crippen molar-refractivity contribution in [1.29, 1.82) is 0 Å². The highest BCUT2D eigenvalue weighted by Crippen LogP contribution is 2.16. The van der Waals surface area contributed by atoms with Gasteiger partial charge < -0.3 is 15.6 Å². The molecule has 0 saturated carbocycles. The van der Waals surface area contributed by atoms with Crippen molar-refractivity contribution in [3.8, 4) is 0 Å². The molecule has 0 bridgehead atoms. The van der Waals surface area contributed by atoms with Crippen molar-refractivity contribution in [2.45, 2.75) is 161 Å². The smallest absolute Gasteiger partial charge is 0.323 e. The first-order valence-electron chi connectivity index (χ1n) is 13.7. The summed E-state index contributed by atoms with van der Waals surface area (Å²) in [6, 6.07) is -0.837. The SMILES string of the molecule is CCCCCCCCCCCCCCCCCCCC(CC)OC(=O)[C@@H](N)CCC(=O)O. The number of ether oxygens (including phenoxy) is 1. The Labute approximate surface area is 198 Å². The van der Waals surface area contributed by atoms with Crippen molar-refractivity contribution in [1.82, 2.24) is 0 Å². The zero-order chi connectivity index (χ0) is 23.9. The van der Waals surface area contributed by atoms with Gasteiger partial charge in [-0.15, -0.1) is 0 Å². The average molecular weight is 456 g/mol. The highest BCUT2D eigenvalue weighted by molar-refractivity contribution is 5.76. The predicted octanol–water partition coefficient (Wildman–Crippen LogP) is 7.54. The van der Waals surface area contributed by atoms with Crippen LogP contribution in [0.5, 0.6) is 0 Å². The first-order valence-corrected chi connectivity index (χ1v) is 13.7. The highest BCUT2D eigenvalue weighted by Gasteiger charge is 2.20. The molecular formula is C27H53NO4. The summed E-state index contributed by atoms with van der Waals surface area (Å²) < 4.78 is 5.47. The Morgan fingerprint density at radius 3 is 1.47 bits per heavy atom. The summed E-state index contributed by atoms with van der Waals surface area (Å²) >= 11 is 0. The quantitative estimate of drug-likeness (QED) is 0.116. The normalized spacial score (nSPS) is 13.1. The molecule has 5 heteroatoms. The summed E-state index contributed by atoms with van der Waals surface area (Å²) in [5, 5.41) is 8.68. The molecule has 32 heavy (non-hydrogen) atoms. The van der Waals surface area contributed by atoms with Gasteiger partial charge in [0.05, 0.1) is 0 Å². The molecule has 0 aliphatic carbocycles. The van der Waals surface area contributed by atoms with Crippen molar-refractivity contribution in [2.24, 2.45) is 5.73 Å². The van der Waals surface area contributed by atoms with Crippen LogP contribution >= 0.6 is 0 Å². The van der Waals surface area contributed by atoms with E-state index in [1.807, 2.05) is 6.92 Å². The van der Waals surface area contributed by atoms with Crippen molar-refractivity contribution >= 4 is 11.9 Å². The van der Waals surface area contributed by atoms with Gasteiger partial charge in [0, 0.05) is 6.42 Å². The van der Waals surface area contributed by atoms with Crippen molar-refractivity contribution < 1.29 is 19.4 Å². The number of esters is 1. The fourth-order valence-electron chi connectivity index (χ4n) is 4.09. The lowest BCUT2D eigenvalue weighted by Crippen LogP contribution is -2.35. The Bertz CT molecular complexity index is 441. The molecule has 0 aromatic rings. The molecule has 0 heterocycles. The van der Waals surface area contributed by atoms with E-state index in [4.69, 9.17) is 15.6 Å². The molecule has 0 aliphatic rings. The van der Waals surface area contributed by atoms with Gasteiger partial charge in [0.15, 0.2) is 0 Å². The van der Waals surface area contributed by atoms with E-state index in [2.05, 4.69) is 6.92 Å². The monoisotopic (exact) mass is 455 g/mol. The maximum atomic E-state index is 12.0. The predicted molar refractivity (Wildman–Crippen MR) is 134 cm³/mol. The Morgan fingerprint density at radius 1 is 0.688 bits per heavy atom. The van der Waals surface area contributed by atoms with Crippen LogP contribution in [-0.4, -0.2) is 29.2 Å². The van der Waals surface area contributed by atoms with Gasteiger partial charge in [-0.25, -0.2) is 0 Å². The first kappa shape index (κ1) is 30.9. The second-order valence-corrected chi connectivity index (χ2v) is 9.45. The number of carbonyl (C=O) groups excluding carboxylic acids is 1. The maximum Gasteiger partial charge on any atom is 0.323 e. The molecule has 0 saturated heterocycles. The van der Waals surface area contributed by atoms with E-state index < -0.39 is 18.0 Å². The fourth-order valence-corrected chi connectivity index (χ4v) is 4.09. The molecule has 1 unspecified atom stereocenters. The summed E-state index contributed by atoms with van der Waals surface area (Å²) in [5.41, 5.74) is 5.73. The maximum absolute atomic E-state index is 12.0. The van der Waals surface area contributed by atoms with Gasteiger partial charge in [-0.2, -0.15) is 0 Å². The van der Waals surface area contributed by atoms with Crippen LogP contribution < -0.4 is 5.73 Å². The fraction of sp³-hybridized carbons (Fsp3) is 0.926. The lowest BCUT2D eigenvalue weighted by Gasteiger charge is -2.18. The number of carboxylic acids is 1.